The summed E-state index contributed by atoms with van der Waals surface area (Å²) < 4.78 is 0. The summed E-state index contributed by atoms with van der Waals surface area (Å²) >= 11 is 0. The number of hydrogen-bond donors (Lipinski definition) is 4. The quantitative estimate of drug-likeness (QED) is 0.537. The molecule has 1 aromatic heterocycles. The zero-order valence-corrected chi connectivity index (χ0v) is 8.38. The minimum atomic E-state index is -0.126. The second kappa shape index (κ2) is 4.58. The number of aromatic hydroxyl groups is 2. The zero-order valence-electron chi connectivity index (χ0n) is 8.38. The standard InChI is InChI=1S/C9H11N5O2/c15-7-2-1-6(3-8(7)16)4-10-5-9-11-13-14-12-9/h1-3,10,15-16H,4-5H2,(H,11,12,13,14). The van der Waals surface area contributed by atoms with Gasteiger partial charge in [0.05, 0.1) is 6.54 Å². The summed E-state index contributed by atoms with van der Waals surface area (Å²) in [4.78, 5) is 0. The molecule has 7 nitrogen and oxygen atoms in total. The highest BCUT2D eigenvalue weighted by atomic mass is 16.3. The molecular weight excluding hydrogens is 210 g/mol. The molecule has 0 saturated carbocycles. The van der Waals surface area contributed by atoms with E-state index in [1.54, 1.807) is 6.07 Å². The van der Waals surface area contributed by atoms with Gasteiger partial charge in [-0.05, 0) is 17.7 Å². The Bertz CT molecular complexity index is 457. The maximum Gasteiger partial charge on any atom is 0.188 e. The van der Waals surface area contributed by atoms with E-state index in [4.69, 9.17) is 5.11 Å². The van der Waals surface area contributed by atoms with E-state index in [1.165, 1.54) is 12.1 Å². The largest absolute Gasteiger partial charge is 0.504 e. The predicted molar refractivity (Wildman–Crippen MR) is 54.5 cm³/mol. The van der Waals surface area contributed by atoms with Crippen molar-refractivity contribution in [2.24, 2.45) is 0 Å². The van der Waals surface area contributed by atoms with Gasteiger partial charge in [-0.15, -0.1) is 10.2 Å². The van der Waals surface area contributed by atoms with Crippen LogP contribution in [-0.4, -0.2) is 30.8 Å². The Balaban J connectivity index is 1.87. The van der Waals surface area contributed by atoms with E-state index in [2.05, 4.69) is 25.9 Å². The van der Waals surface area contributed by atoms with Crippen LogP contribution < -0.4 is 5.32 Å². The number of hydrogen-bond acceptors (Lipinski definition) is 6. The zero-order chi connectivity index (χ0) is 11.4. The third-order valence-electron chi connectivity index (χ3n) is 2.04. The maximum absolute atomic E-state index is 9.27. The third kappa shape index (κ3) is 2.45. The first kappa shape index (κ1) is 10.4. The van der Waals surface area contributed by atoms with Crippen LogP contribution in [0.3, 0.4) is 0 Å². The normalized spacial score (nSPS) is 10.5. The van der Waals surface area contributed by atoms with Crippen molar-refractivity contribution in [3.05, 3.63) is 29.6 Å². The molecule has 84 valence electrons. The molecule has 0 fully saturated rings. The molecule has 0 saturated heterocycles. The van der Waals surface area contributed by atoms with Gasteiger partial charge in [0.15, 0.2) is 17.3 Å². The van der Waals surface area contributed by atoms with E-state index in [1.807, 2.05) is 0 Å². The van der Waals surface area contributed by atoms with Gasteiger partial charge >= 0.3 is 0 Å². The van der Waals surface area contributed by atoms with Crippen LogP contribution in [0.2, 0.25) is 0 Å². The van der Waals surface area contributed by atoms with Crippen molar-refractivity contribution in [2.75, 3.05) is 0 Å². The highest BCUT2D eigenvalue weighted by molar-refractivity contribution is 5.40. The first-order valence-corrected chi connectivity index (χ1v) is 4.69. The van der Waals surface area contributed by atoms with E-state index < -0.39 is 0 Å². The maximum atomic E-state index is 9.27. The Morgan fingerprint density at radius 3 is 2.75 bits per heavy atom. The van der Waals surface area contributed by atoms with Crippen LogP contribution in [0.5, 0.6) is 11.5 Å². The van der Waals surface area contributed by atoms with Gasteiger partial charge in [-0.25, -0.2) is 0 Å². The molecule has 1 heterocycles. The summed E-state index contributed by atoms with van der Waals surface area (Å²) in [7, 11) is 0. The Labute approximate surface area is 91.1 Å². The van der Waals surface area contributed by atoms with Crippen molar-refractivity contribution in [3.63, 3.8) is 0 Å². The van der Waals surface area contributed by atoms with Gasteiger partial charge in [0.1, 0.15) is 0 Å². The Morgan fingerprint density at radius 2 is 2.06 bits per heavy atom. The summed E-state index contributed by atoms with van der Waals surface area (Å²) in [5.41, 5.74) is 0.860. The molecule has 0 aliphatic rings. The van der Waals surface area contributed by atoms with Crippen molar-refractivity contribution < 1.29 is 10.2 Å². The van der Waals surface area contributed by atoms with Gasteiger partial charge in [-0.3, -0.25) is 0 Å². The molecule has 0 aliphatic carbocycles. The van der Waals surface area contributed by atoms with Crippen molar-refractivity contribution in [1.29, 1.82) is 0 Å². The summed E-state index contributed by atoms with van der Waals surface area (Å²) in [6, 6.07) is 4.66. The average molecular weight is 221 g/mol. The minimum Gasteiger partial charge on any atom is -0.504 e. The third-order valence-corrected chi connectivity index (χ3v) is 2.04. The minimum absolute atomic E-state index is 0.123. The summed E-state index contributed by atoms with van der Waals surface area (Å²) in [5, 5.41) is 34.8. The molecule has 16 heavy (non-hydrogen) atoms. The van der Waals surface area contributed by atoms with E-state index in [-0.39, 0.29) is 11.5 Å². The number of phenolic OH excluding ortho intramolecular Hbond substituents is 2. The average Bonchev–Trinajstić information content (AvgIpc) is 2.76. The van der Waals surface area contributed by atoms with Gasteiger partial charge in [-0.2, -0.15) is 5.21 Å². The molecule has 0 unspecified atom stereocenters. The summed E-state index contributed by atoms with van der Waals surface area (Å²) in [6.07, 6.45) is 0. The molecule has 1 aromatic carbocycles. The van der Waals surface area contributed by atoms with Crippen LogP contribution in [0.15, 0.2) is 18.2 Å². The van der Waals surface area contributed by atoms with E-state index in [0.717, 1.165) is 5.56 Å². The second-order valence-corrected chi connectivity index (χ2v) is 3.25. The SMILES string of the molecule is Oc1ccc(CNCc2nn[nH]n2)cc1O. The van der Waals surface area contributed by atoms with E-state index in [9.17, 15) is 5.11 Å². The van der Waals surface area contributed by atoms with Gasteiger partial charge in [-0.1, -0.05) is 11.3 Å². The smallest absolute Gasteiger partial charge is 0.188 e. The van der Waals surface area contributed by atoms with E-state index in [0.29, 0.717) is 18.9 Å². The van der Waals surface area contributed by atoms with Crippen LogP contribution >= 0.6 is 0 Å². The number of benzene rings is 1. The van der Waals surface area contributed by atoms with Gasteiger partial charge < -0.3 is 15.5 Å². The lowest BCUT2D eigenvalue weighted by molar-refractivity contribution is 0.403. The number of phenols is 2. The molecule has 0 bridgehead atoms. The lowest BCUT2D eigenvalue weighted by Gasteiger charge is -2.04. The van der Waals surface area contributed by atoms with Crippen LogP contribution in [0.25, 0.3) is 0 Å². The van der Waals surface area contributed by atoms with Crippen molar-refractivity contribution >= 4 is 0 Å². The number of rotatable bonds is 4. The molecule has 2 rings (SSSR count). The Kier molecular flexibility index (Phi) is 2.97. The lowest BCUT2D eigenvalue weighted by Crippen LogP contribution is -2.13. The number of H-pyrrole nitrogens is 1. The molecule has 0 radical (unpaired) electrons. The van der Waals surface area contributed by atoms with Crippen LogP contribution in [0, 0.1) is 0 Å². The number of aromatic nitrogens is 4. The number of aromatic amines is 1. The molecule has 7 heteroatoms. The first-order chi connectivity index (χ1) is 7.75. The molecule has 4 N–H and O–H groups in total. The van der Waals surface area contributed by atoms with E-state index >= 15 is 0 Å². The molecule has 0 spiro atoms. The molecule has 0 aliphatic heterocycles. The highest BCUT2D eigenvalue weighted by Gasteiger charge is 2.01. The molecular formula is C9H11N5O2. The summed E-state index contributed by atoms with van der Waals surface area (Å²) in [6.45, 7) is 1.03. The van der Waals surface area contributed by atoms with Crippen molar-refractivity contribution in [3.8, 4) is 11.5 Å². The number of nitrogens with one attached hydrogen (secondary N) is 2. The van der Waals surface area contributed by atoms with Crippen molar-refractivity contribution in [1.82, 2.24) is 25.9 Å². The summed E-state index contributed by atoms with van der Waals surface area (Å²) in [5.74, 6) is 0.323. The van der Waals surface area contributed by atoms with Gasteiger partial charge in [0.25, 0.3) is 0 Å². The molecule has 2 aromatic rings. The molecule has 0 amide bonds. The fraction of sp³-hybridized carbons (Fsp3) is 0.222. The highest BCUT2D eigenvalue weighted by Crippen LogP contribution is 2.24. The van der Waals surface area contributed by atoms with Gasteiger partial charge in [0.2, 0.25) is 0 Å². The van der Waals surface area contributed by atoms with Crippen LogP contribution in [0.4, 0.5) is 0 Å². The van der Waals surface area contributed by atoms with Crippen LogP contribution in [0.1, 0.15) is 11.4 Å². The lowest BCUT2D eigenvalue weighted by atomic mass is 10.2. The number of tetrazole rings is 1. The fourth-order valence-corrected chi connectivity index (χ4v) is 1.26. The predicted octanol–water partition coefficient (Wildman–Crippen LogP) is -0.0993. The van der Waals surface area contributed by atoms with Gasteiger partial charge in [0, 0.05) is 6.54 Å². The Morgan fingerprint density at radius 1 is 1.19 bits per heavy atom. The first-order valence-electron chi connectivity index (χ1n) is 4.69. The van der Waals surface area contributed by atoms with Crippen molar-refractivity contribution in [2.45, 2.75) is 13.1 Å². The number of nitrogens with zero attached hydrogens (tertiary/aromatic N) is 3. The Hall–Kier alpha value is -2.15. The van der Waals surface area contributed by atoms with Crippen LogP contribution in [-0.2, 0) is 13.1 Å². The monoisotopic (exact) mass is 221 g/mol. The molecule has 0 atom stereocenters. The second-order valence-electron chi connectivity index (χ2n) is 3.25. The topological polar surface area (TPSA) is 107 Å². The fourth-order valence-electron chi connectivity index (χ4n) is 1.26.